The van der Waals surface area contributed by atoms with Crippen molar-refractivity contribution in [1.29, 1.82) is 0 Å². The molecule has 3 heteroatoms. The Hall–Kier alpha value is 0.210. The second-order valence-electron chi connectivity index (χ2n) is 5.83. The summed E-state index contributed by atoms with van der Waals surface area (Å²) < 4.78 is 11.7. The molecule has 5 atom stereocenters. The van der Waals surface area contributed by atoms with E-state index in [1.54, 1.807) is 7.11 Å². The van der Waals surface area contributed by atoms with Crippen molar-refractivity contribution in [2.24, 2.45) is 5.41 Å². The first-order chi connectivity index (χ1) is 8.10. The Morgan fingerprint density at radius 2 is 1.94 bits per heavy atom. The molecule has 2 aliphatic rings. The molecule has 100 valence electrons. The van der Waals surface area contributed by atoms with Gasteiger partial charge in [0.2, 0.25) is 0 Å². The summed E-state index contributed by atoms with van der Waals surface area (Å²) in [6.07, 6.45) is 7.90. The molecule has 0 aromatic carbocycles. The van der Waals surface area contributed by atoms with Gasteiger partial charge in [-0.15, -0.1) is 11.6 Å². The molecule has 2 nitrogen and oxygen atoms in total. The molecular formula is C14H25ClO2. The molecule has 5 unspecified atom stereocenters. The van der Waals surface area contributed by atoms with Crippen LogP contribution in [0, 0.1) is 5.41 Å². The van der Waals surface area contributed by atoms with Crippen LogP contribution in [0.1, 0.15) is 52.4 Å². The molecule has 2 aliphatic carbocycles. The summed E-state index contributed by atoms with van der Waals surface area (Å²) in [6, 6.07) is 0. The fourth-order valence-corrected chi connectivity index (χ4v) is 3.56. The summed E-state index contributed by atoms with van der Waals surface area (Å²) in [5.41, 5.74) is 0.182. The zero-order valence-electron chi connectivity index (χ0n) is 11.2. The van der Waals surface area contributed by atoms with Gasteiger partial charge in [0.25, 0.3) is 0 Å². The van der Waals surface area contributed by atoms with Gasteiger partial charge < -0.3 is 9.47 Å². The van der Waals surface area contributed by atoms with Crippen molar-refractivity contribution in [3.05, 3.63) is 0 Å². The van der Waals surface area contributed by atoms with E-state index in [-0.39, 0.29) is 5.41 Å². The third-order valence-electron chi connectivity index (χ3n) is 4.90. The average Bonchev–Trinajstić information content (AvgIpc) is 2.37. The molecule has 0 bridgehead atoms. The lowest BCUT2D eigenvalue weighted by Crippen LogP contribution is -2.55. The van der Waals surface area contributed by atoms with Crippen LogP contribution in [0.3, 0.4) is 0 Å². The molecule has 0 radical (unpaired) electrons. The molecule has 2 fully saturated rings. The minimum atomic E-state index is 0.182. The molecular weight excluding hydrogens is 236 g/mol. The van der Waals surface area contributed by atoms with E-state index in [2.05, 4.69) is 13.8 Å². The SMILES string of the molecule is CCC1(C)C(Cl)CC1OC1CCCC(OC)C1. The maximum atomic E-state index is 6.32. The van der Waals surface area contributed by atoms with Crippen molar-refractivity contribution in [3.63, 3.8) is 0 Å². The minimum Gasteiger partial charge on any atom is -0.381 e. The van der Waals surface area contributed by atoms with Crippen LogP contribution in [0.5, 0.6) is 0 Å². The maximum absolute atomic E-state index is 6.32. The van der Waals surface area contributed by atoms with E-state index in [1.165, 1.54) is 19.3 Å². The Balaban J connectivity index is 1.85. The minimum absolute atomic E-state index is 0.182. The predicted molar refractivity (Wildman–Crippen MR) is 70.6 cm³/mol. The summed E-state index contributed by atoms with van der Waals surface area (Å²) in [4.78, 5) is 0. The van der Waals surface area contributed by atoms with Crippen LogP contribution in [0.4, 0.5) is 0 Å². The Morgan fingerprint density at radius 3 is 2.53 bits per heavy atom. The molecule has 2 saturated carbocycles. The van der Waals surface area contributed by atoms with Crippen LogP contribution < -0.4 is 0 Å². The molecule has 0 heterocycles. The van der Waals surface area contributed by atoms with Crippen LogP contribution in [-0.2, 0) is 9.47 Å². The molecule has 0 N–H and O–H groups in total. The third-order valence-corrected chi connectivity index (χ3v) is 5.58. The smallest absolute Gasteiger partial charge is 0.0660 e. The van der Waals surface area contributed by atoms with E-state index in [9.17, 15) is 0 Å². The van der Waals surface area contributed by atoms with Crippen LogP contribution in [0.2, 0.25) is 0 Å². The van der Waals surface area contributed by atoms with Crippen molar-refractivity contribution < 1.29 is 9.47 Å². The number of hydrogen-bond acceptors (Lipinski definition) is 2. The van der Waals surface area contributed by atoms with Gasteiger partial charge in [0.1, 0.15) is 0 Å². The largest absolute Gasteiger partial charge is 0.381 e. The zero-order valence-corrected chi connectivity index (χ0v) is 12.0. The molecule has 17 heavy (non-hydrogen) atoms. The lowest BCUT2D eigenvalue weighted by molar-refractivity contribution is -0.151. The Labute approximate surface area is 110 Å². The normalized spacial score (nSPS) is 46.6. The molecule has 0 saturated heterocycles. The second-order valence-corrected chi connectivity index (χ2v) is 6.36. The highest BCUT2D eigenvalue weighted by atomic mass is 35.5. The summed E-state index contributed by atoms with van der Waals surface area (Å²) in [5, 5.41) is 0.291. The van der Waals surface area contributed by atoms with Gasteiger partial charge in [-0.1, -0.05) is 13.8 Å². The van der Waals surface area contributed by atoms with Gasteiger partial charge in [-0.05, 0) is 38.5 Å². The lowest BCUT2D eigenvalue weighted by Gasteiger charge is -2.52. The van der Waals surface area contributed by atoms with E-state index >= 15 is 0 Å². The number of ether oxygens (including phenoxy) is 2. The third kappa shape index (κ3) is 2.64. The van der Waals surface area contributed by atoms with Crippen LogP contribution in [0.25, 0.3) is 0 Å². The highest BCUT2D eigenvalue weighted by Crippen LogP contribution is 2.50. The number of hydrogen-bond donors (Lipinski definition) is 0. The highest BCUT2D eigenvalue weighted by Gasteiger charge is 2.51. The Kier molecular flexibility index (Phi) is 4.38. The summed E-state index contributed by atoms with van der Waals surface area (Å²) in [5.74, 6) is 0. The number of methoxy groups -OCH3 is 1. The Bertz CT molecular complexity index is 259. The van der Waals surface area contributed by atoms with Crippen molar-refractivity contribution in [1.82, 2.24) is 0 Å². The Morgan fingerprint density at radius 1 is 1.24 bits per heavy atom. The molecule has 0 spiro atoms. The van der Waals surface area contributed by atoms with Gasteiger partial charge in [-0.3, -0.25) is 0 Å². The lowest BCUT2D eigenvalue weighted by atomic mass is 9.65. The number of rotatable bonds is 4. The van der Waals surface area contributed by atoms with Gasteiger partial charge in [0.05, 0.1) is 18.3 Å². The van der Waals surface area contributed by atoms with Gasteiger partial charge in [-0.25, -0.2) is 0 Å². The van der Waals surface area contributed by atoms with Gasteiger partial charge in [-0.2, -0.15) is 0 Å². The second kappa shape index (κ2) is 5.46. The standard InChI is InChI=1S/C14H25ClO2/c1-4-14(2)12(15)9-13(14)17-11-7-5-6-10(8-11)16-3/h10-13H,4-9H2,1-3H3. The number of alkyl halides is 1. The van der Waals surface area contributed by atoms with Crippen molar-refractivity contribution in [2.75, 3.05) is 7.11 Å². The first-order valence-corrected chi connectivity index (χ1v) is 7.36. The summed E-state index contributed by atoms with van der Waals surface area (Å²) in [7, 11) is 1.81. The average molecular weight is 261 g/mol. The van der Waals surface area contributed by atoms with Gasteiger partial charge >= 0.3 is 0 Å². The first kappa shape index (κ1) is 13.6. The van der Waals surface area contributed by atoms with E-state index in [4.69, 9.17) is 21.1 Å². The van der Waals surface area contributed by atoms with Crippen molar-refractivity contribution in [2.45, 2.75) is 76.1 Å². The zero-order chi connectivity index (χ0) is 12.5. The van der Waals surface area contributed by atoms with Crippen molar-refractivity contribution in [3.8, 4) is 0 Å². The van der Waals surface area contributed by atoms with E-state index in [0.717, 1.165) is 19.3 Å². The van der Waals surface area contributed by atoms with E-state index < -0.39 is 0 Å². The topological polar surface area (TPSA) is 18.5 Å². The fraction of sp³-hybridized carbons (Fsp3) is 1.00. The fourth-order valence-electron chi connectivity index (χ4n) is 3.10. The van der Waals surface area contributed by atoms with Crippen LogP contribution in [0.15, 0.2) is 0 Å². The monoisotopic (exact) mass is 260 g/mol. The molecule has 0 aromatic rings. The van der Waals surface area contributed by atoms with Gasteiger partial charge in [0.15, 0.2) is 0 Å². The van der Waals surface area contributed by atoms with E-state index in [1.807, 2.05) is 0 Å². The molecule has 2 rings (SSSR count). The highest BCUT2D eigenvalue weighted by molar-refractivity contribution is 6.21. The molecule has 0 aromatic heterocycles. The van der Waals surface area contributed by atoms with Gasteiger partial charge in [0, 0.05) is 17.9 Å². The van der Waals surface area contributed by atoms with Crippen LogP contribution >= 0.6 is 11.6 Å². The van der Waals surface area contributed by atoms with Crippen molar-refractivity contribution >= 4 is 11.6 Å². The summed E-state index contributed by atoms with van der Waals surface area (Å²) >= 11 is 6.32. The number of halogens is 1. The van der Waals surface area contributed by atoms with E-state index in [0.29, 0.717) is 23.7 Å². The maximum Gasteiger partial charge on any atom is 0.0660 e. The summed E-state index contributed by atoms with van der Waals surface area (Å²) in [6.45, 7) is 4.47. The molecule has 0 amide bonds. The first-order valence-electron chi connectivity index (χ1n) is 6.92. The molecule has 0 aliphatic heterocycles. The van der Waals surface area contributed by atoms with Crippen LogP contribution in [-0.4, -0.2) is 30.8 Å². The predicted octanol–water partition coefficient (Wildman–Crippen LogP) is 3.76. The quantitative estimate of drug-likeness (QED) is 0.717.